The normalized spacial score (nSPS) is 13.9. The molecule has 1 aromatic rings. The van der Waals surface area contributed by atoms with E-state index in [1.54, 1.807) is 18.3 Å². The van der Waals surface area contributed by atoms with Gasteiger partial charge in [0.15, 0.2) is 0 Å². The first-order valence-electron chi connectivity index (χ1n) is 7.46. The third-order valence-corrected chi connectivity index (χ3v) is 3.15. The number of methoxy groups -OCH3 is 1. The summed E-state index contributed by atoms with van der Waals surface area (Å²) in [7, 11) is 1.65. The van der Waals surface area contributed by atoms with E-state index < -0.39 is 0 Å². The number of rotatable bonds is 3. The van der Waals surface area contributed by atoms with Crippen LogP contribution in [0.1, 0.15) is 32.3 Å². The number of amides is 1. The van der Waals surface area contributed by atoms with E-state index in [0.717, 1.165) is 18.4 Å². The molecular weight excluding hydrogens is 266 g/mol. The highest BCUT2D eigenvalue weighted by molar-refractivity contribution is 5.67. The average molecular weight is 291 g/mol. The second-order valence-corrected chi connectivity index (χ2v) is 4.54. The highest BCUT2D eigenvalue weighted by Crippen LogP contribution is 2.17. The first kappa shape index (κ1) is 17.1. The summed E-state index contributed by atoms with van der Waals surface area (Å²) in [6, 6.07) is 9.71. The summed E-state index contributed by atoms with van der Waals surface area (Å²) in [4.78, 5) is 13.6. The van der Waals surface area contributed by atoms with Crippen LogP contribution in [0.3, 0.4) is 0 Å². The summed E-state index contributed by atoms with van der Waals surface area (Å²) in [6.07, 6.45) is 3.25. The monoisotopic (exact) mass is 291 g/mol. The van der Waals surface area contributed by atoms with Crippen LogP contribution < -0.4 is 0 Å². The molecule has 0 spiro atoms. The van der Waals surface area contributed by atoms with Crippen molar-refractivity contribution in [3.05, 3.63) is 47.7 Å². The van der Waals surface area contributed by atoms with Gasteiger partial charge in [0.2, 0.25) is 0 Å². The minimum Gasteiger partial charge on any atom is -0.504 e. The minimum absolute atomic E-state index is 0.236. The molecule has 21 heavy (non-hydrogen) atoms. The molecule has 0 atom stereocenters. The van der Waals surface area contributed by atoms with E-state index >= 15 is 0 Å². The molecule has 4 nitrogen and oxygen atoms in total. The molecular formula is C17H25NO3. The number of nitrogens with zero attached hydrogens (tertiary/aromatic N) is 1. The average Bonchev–Trinajstić information content (AvgIpc) is 2.56. The molecule has 0 unspecified atom stereocenters. The Balaban J connectivity index is 0.00000106. The van der Waals surface area contributed by atoms with Crippen LogP contribution in [-0.2, 0) is 16.1 Å². The third kappa shape index (κ3) is 5.90. The van der Waals surface area contributed by atoms with Gasteiger partial charge in [-0.15, -0.1) is 0 Å². The van der Waals surface area contributed by atoms with Crippen molar-refractivity contribution < 1.29 is 14.3 Å². The first-order valence-corrected chi connectivity index (χ1v) is 7.46. The lowest BCUT2D eigenvalue weighted by molar-refractivity contribution is 0.0932. The van der Waals surface area contributed by atoms with Gasteiger partial charge in [-0.25, -0.2) is 4.79 Å². The van der Waals surface area contributed by atoms with Crippen LogP contribution in [0.4, 0.5) is 4.79 Å². The highest BCUT2D eigenvalue weighted by Gasteiger charge is 2.20. The Morgan fingerprint density at radius 3 is 2.38 bits per heavy atom. The molecule has 0 saturated carbocycles. The van der Waals surface area contributed by atoms with Crippen molar-refractivity contribution in [1.82, 2.24) is 4.90 Å². The van der Waals surface area contributed by atoms with Gasteiger partial charge in [0.25, 0.3) is 0 Å². The molecule has 1 aromatic carbocycles. The number of piperidine rings is 1. The summed E-state index contributed by atoms with van der Waals surface area (Å²) in [6.45, 7) is 5.72. The highest BCUT2D eigenvalue weighted by atomic mass is 16.6. The SMILES string of the molecule is CC.COC=C1CCN(C(=O)OCc2ccccc2)CC1. The van der Waals surface area contributed by atoms with Gasteiger partial charge >= 0.3 is 6.09 Å². The summed E-state index contributed by atoms with van der Waals surface area (Å²) < 4.78 is 10.3. The van der Waals surface area contributed by atoms with E-state index in [9.17, 15) is 4.79 Å². The van der Waals surface area contributed by atoms with Crippen molar-refractivity contribution in [3.8, 4) is 0 Å². The van der Waals surface area contributed by atoms with Crippen LogP contribution >= 0.6 is 0 Å². The Morgan fingerprint density at radius 1 is 1.19 bits per heavy atom. The minimum atomic E-state index is -0.236. The van der Waals surface area contributed by atoms with Crippen LogP contribution in [0, 0.1) is 0 Å². The van der Waals surface area contributed by atoms with E-state index in [-0.39, 0.29) is 6.09 Å². The maximum Gasteiger partial charge on any atom is 0.410 e. The largest absolute Gasteiger partial charge is 0.504 e. The predicted octanol–water partition coefficient (Wildman–Crippen LogP) is 3.98. The van der Waals surface area contributed by atoms with Crippen LogP contribution in [0.25, 0.3) is 0 Å². The zero-order valence-corrected chi connectivity index (χ0v) is 13.2. The van der Waals surface area contributed by atoms with Gasteiger partial charge in [-0.1, -0.05) is 44.2 Å². The van der Waals surface area contributed by atoms with Crippen molar-refractivity contribution in [3.63, 3.8) is 0 Å². The lowest BCUT2D eigenvalue weighted by atomic mass is 10.1. The molecule has 116 valence electrons. The number of likely N-dealkylation sites (tertiary alicyclic amines) is 1. The first-order chi connectivity index (χ1) is 10.3. The van der Waals surface area contributed by atoms with Crippen molar-refractivity contribution >= 4 is 6.09 Å². The molecule has 0 radical (unpaired) electrons. The second kappa shape index (κ2) is 9.86. The maximum atomic E-state index is 11.9. The van der Waals surface area contributed by atoms with E-state index in [0.29, 0.717) is 19.7 Å². The van der Waals surface area contributed by atoms with Gasteiger partial charge in [-0.2, -0.15) is 0 Å². The summed E-state index contributed by atoms with van der Waals surface area (Å²) in [5, 5.41) is 0. The van der Waals surface area contributed by atoms with Crippen molar-refractivity contribution in [1.29, 1.82) is 0 Å². The number of ether oxygens (including phenoxy) is 2. The molecule has 1 amide bonds. The Bertz CT molecular complexity index is 433. The van der Waals surface area contributed by atoms with E-state index in [4.69, 9.17) is 9.47 Å². The van der Waals surface area contributed by atoms with Gasteiger partial charge < -0.3 is 14.4 Å². The van der Waals surface area contributed by atoms with Crippen LogP contribution in [0.15, 0.2) is 42.2 Å². The van der Waals surface area contributed by atoms with Crippen molar-refractivity contribution in [2.24, 2.45) is 0 Å². The zero-order chi connectivity index (χ0) is 15.5. The Labute approximate surface area is 127 Å². The number of hydrogen-bond acceptors (Lipinski definition) is 3. The standard InChI is InChI=1S/C15H19NO3.C2H6/c1-18-11-14-7-9-16(10-8-14)15(17)19-12-13-5-3-2-4-6-13;1-2/h2-6,11H,7-10,12H2,1H3;1-2H3. The quantitative estimate of drug-likeness (QED) is 0.791. The molecule has 4 heteroatoms. The van der Waals surface area contributed by atoms with Gasteiger partial charge in [0.1, 0.15) is 6.61 Å². The van der Waals surface area contributed by atoms with Gasteiger partial charge in [0, 0.05) is 13.1 Å². The van der Waals surface area contributed by atoms with Crippen LogP contribution in [0.2, 0.25) is 0 Å². The van der Waals surface area contributed by atoms with Crippen LogP contribution in [-0.4, -0.2) is 31.2 Å². The fourth-order valence-corrected chi connectivity index (χ4v) is 2.07. The Kier molecular flexibility index (Phi) is 8.02. The summed E-state index contributed by atoms with van der Waals surface area (Å²) in [5.41, 5.74) is 2.25. The summed E-state index contributed by atoms with van der Waals surface area (Å²) in [5.74, 6) is 0. The molecule has 1 heterocycles. The zero-order valence-electron chi connectivity index (χ0n) is 13.2. The van der Waals surface area contributed by atoms with E-state index in [1.165, 1.54) is 5.57 Å². The molecule has 0 N–H and O–H groups in total. The maximum absolute atomic E-state index is 11.9. The summed E-state index contributed by atoms with van der Waals surface area (Å²) >= 11 is 0. The lowest BCUT2D eigenvalue weighted by Gasteiger charge is -2.27. The topological polar surface area (TPSA) is 38.8 Å². The predicted molar refractivity (Wildman–Crippen MR) is 83.9 cm³/mol. The van der Waals surface area contributed by atoms with E-state index in [2.05, 4.69) is 0 Å². The Hall–Kier alpha value is -1.97. The smallest absolute Gasteiger partial charge is 0.410 e. The Morgan fingerprint density at radius 2 is 1.81 bits per heavy atom. The number of carbonyl (C=O) groups excluding carboxylic acids is 1. The fraction of sp³-hybridized carbons (Fsp3) is 0.471. The molecule has 2 rings (SSSR count). The molecule has 0 aliphatic carbocycles. The number of carbonyl (C=O) groups is 1. The third-order valence-electron chi connectivity index (χ3n) is 3.15. The molecule has 1 aliphatic rings. The number of hydrogen-bond donors (Lipinski definition) is 0. The van der Waals surface area contributed by atoms with Gasteiger partial charge in [0.05, 0.1) is 13.4 Å². The van der Waals surface area contributed by atoms with Gasteiger partial charge in [-0.05, 0) is 24.0 Å². The molecule has 1 aliphatic heterocycles. The van der Waals surface area contributed by atoms with Crippen LogP contribution in [0.5, 0.6) is 0 Å². The second-order valence-electron chi connectivity index (χ2n) is 4.54. The molecule has 0 aromatic heterocycles. The molecule has 1 fully saturated rings. The fourth-order valence-electron chi connectivity index (χ4n) is 2.07. The molecule has 1 saturated heterocycles. The molecule has 0 bridgehead atoms. The van der Waals surface area contributed by atoms with Crippen molar-refractivity contribution in [2.45, 2.75) is 33.3 Å². The van der Waals surface area contributed by atoms with Gasteiger partial charge in [-0.3, -0.25) is 0 Å². The number of benzene rings is 1. The van der Waals surface area contributed by atoms with Crippen molar-refractivity contribution in [2.75, 3.05) is 20.2 Å². The van der Waals surface area contributed by atoms with E-state index in [1.807, 2.05) is 44.2 Å². The lowest BCUT2D eigenvalue weighted by Crippen LogP contribution is -2.36.